The molecule has 114 valence electrons. The van der Waals surface area contributed by atoms with Gasteiger partial charge in [-0.2, -0.15) is 13.2 Å². The Hall–Kier alpha value is -2.66. The molecule has 4 nitrogen and oxygen atoms in total. The van der Waals surface area contributed by atoms with Crippen LogP contribution in [-0.4, -0.2) is 0 Å². The van der Waals surface area contributed by atoms with Crippen molar-refractivity contribution >= 4 is 11.4 Å². The summed E-state index contributed by atoms with van der Waals surface area (Å²) in [7, 11) is 0. The molecule has 1 unspecified atom stereocenters. The topological polar surface area (TPSA) is 60.8 Å². The average molecular weight is 306 g/mol. The van der Waals surface area contributed by atoms with E-state index in [2.05, 4.69) is 15.3 Å². The number of nitrogens with one attached hydrogen (secondary N) is 1. The lowest BCUT2D eigenvalue weighted by molar-refractivity contribution is -0.137. The van der Waals surface area contributed by atoms with E-state index in [9.17, 15) is 13.2 Å². The summed E-state index contributed by atoms with van der Waals surface area (Å²) in [6, 6.07) is 12.3. The highest BCUT2D eigenvalue weighted by Gasteiger charge is 2.31. The summed E-state index contributed by atoms with van der Waals surface area (Å²) in [5.74, 6) is 0. The van der Waals surface area contributed by atoms with Crippen molar-refractivity contribution in [2.24, 2.45) is 5.11 Å². The maximum atomic E-state index is 12.7. The van der Waals surface area contributed by atoms with Crippen molar-refractivity contribution < 1.29 is 13.2 Å². The Labute approximate surface area is 125 Å². The molecule has 0 spiro atoms. The molecule has 0 aliphatic carbocycles. The van der Waals surface area contributed by atoms with Gasteiger partial charge in [0.25, 0.3) is 0 Å². The number of halogens is 3. The van der Waals surface area contributed by atoms with E-state index in [0.717, 1.165) is 17.7 Å². The van der Waals surface area contributed by atoms with Crippen LogP contribution in [0.5, 0.6) is 0 Å². The van der Waals surface area contributed by atoms with Crippen LogP contribution >= 0.6 is 0 Å². The van der Waals surface area contributed by atoms with Gasteiger partial charge in [0, 0.05) is 16.6 Å². The number of anilines is 1. The van der Waals surface area contributed by atoms with E-state index in [1.807, 2.05) is 37.3 Å². The molecule has 0 saturated carbocycles. The highest BCUT2D eigenvalue weighted by molar-refractivity contribution is 5.67. The normalized spacial score (nSPS) is 12.4. The fraction of sp³-hybridized carbons (Fsp3) is 0.200. The Morgan fingerprint density at radius 1 is 1.14 bits per heavy atom. The first-order chi connectivity index (χ1) is 10.4. The molecule has 2 rings (SSSR count). The van der Waals surface area contributed by atoms with E-state index >= 15 is 0 Å². The Balaban J connectivity index is 2.33. The number of azide groups is 1. The van der Waals surface area contributed by atoms with Gasteiger partial charge in [0.1, 0.15) is 0 Å². The molecule has 1 N–H and O–H groups in total. The van der Waals surface area contributed by atoms with Gasteiger partial charge in [0.15, 0.2) is 0 Å². The van der Waals surface area contributed by atoms with E-state index in [0.29, 0.717) is 5.69 Å². The molecular formula is C15H13F3N4. The Kier molecular flexibility index (Phi) is 4.58. The molecule has 2 aromatic rings. The van der Waals surface area contributed by atoms with Crippen LogP contribution in [0.25, 0.3) is 10.4 Å². The van der Waals surface area contributed by atoms with Crippen molar-refractivity contribution in [2.75, 3.05) is 5.32 Å². The average Bonchev–Trinajstić information content (AvgIpc) is 2.49. The standard InChI is InChI=1S/C15H13F3N4/c1-10(11-5-3-2-4-6-11)20-13-8-7-12(15(16,17)18)9-14(13)21-22-19/h2-10,20H,1H3. The Bertz CT molecular complexity index is 692. The predicted octanol–water partition coefficient (Wildman–Crippen LogP) is 5.82. The van der Waals surface area contributed by atoms with E-state index < -0.39 is 11.7 Å². The molecule has 0 aromatic heterocycles. The number of alkyl halides is 3. The summed E-state index contributed by atoms with van der Waals surface area (Å²) < 4.78 is 38.1. The van der Waals surface area contributed by atoms with Crippen molar-refractivity contribution in [1.29, 1.82) is 0 Å². The number of hydrogen-bond donors (Lipinski definition) is 1. The van der Waals surface area contributed by atoms with E-state index in [1.165, 1.54) is 6.07 Å². The summed E-state index contributed by atoms with van der Waals surface area (Å²) in [6.07, 6.45) is -4.48. The van der Waals surface area contributed by atoms with Gasteiger partial charge in [-0.15, -0.1) is 0 Å². The van der Waals surface area contributed by atoms with E-state index in [1.54, 1.807) is 0 Å². The van der Waals surface area contributed by atoms with Crippen LogP contribution in [0.1, 0.15) is 24.1 Å². The maximum Gasteiger partial charge on any atom is 0.416 e. The molecule has 1 atom stereocenters. The third-order valence-electron chi connectivity index (χ3n) is 3.15. The largest absolute Gasteiger partial charge is 0.416 e. The zero-order valence-corrected chi connectivity index (χ0v) is 11.7. The molecule has 0 amide bonds. The van der Waals surface area contributed by atoms with Gasteiger partial charge >= 0.3 is 6.18 Å². The number of rotatable bonds is 4. The Morgan fingerprint density at radius 2 is 1.82 bits per heavy atom. The molecule has 22 heavy (non-hydrogen) atoms. The van der Waals surface area contributed by atoms with Gasteiger partial charge < -0.3 is 5.32 Å². The van der Waals surface area contributed by atoms with Gasteiger partial charge in [0.2, 0.25) is 0 Å². The first-order valence-electron chi connectivity index (χ1n) is 6.49. The number of nitrogens with zero attached hydrogens (tertiary/aromatic N) is 3. The van der Waals surface area contributed by atoms with Gasteiger partial charge in [0.05, 0.1) is 11.3 Å². The van der Waals surface area contributed by atoms with Gasteiger partial charge in [-0.3, -0.25) is 0 Å². The van der Waals surface area contributed by atoms with Gasteiger partial charge in [-0.1, -0.05) is 35.4 Å². The molecule has 2 aromatic carbocycles. The predicted molar refractivity (Wildman–Crippen MR) is 78.7 cm³/mol. The molecular weight excluding hydrogens is 293 g/mol. The van der Waals surface area contributed by atoms with Crippen molar-refractivity contribution in [2.45, 2.75) is 19.1 Å². The number of benzene rings is 2. The first kappa shape index (κ1) is 15.7. The zero-order valence-electron chi connectivity index (χ0n) is 11.7. The smallest absolute Gasteiger partial charge is 0.378 e. The van der Waals surface area contributed by atoms with Crippen LogP contribution in [0, 0.1) is 0 Å². The second kappa shape index (κ2) is 6.41. The zero-order chi connectivity index (χ0) is 16.2. The Morgan fingerprint density at radius 3 is 2.41 bits per heavy atom. The molecule has 0 saturated heterocycles. The van der Waals surface area contributed by atoms with Crippen LogP contribution in [0.4, 0.5) is 24.5 Å². The van der Waals surface area contributed by atoms with Crippen molar-refractivity contribution in [3.63, 3.8) is 0 Å². The summed E-state index contributed by atoms with van der Waals surface area (Å²) in [5.41, 5.74) is 8.92. The third-order valence-corrected chi connectivity index (χ3v) is 3.15. The minimum atomic E-state index is -4.48. The molecule has 0 aliphatic rings. The monoisotopic (exact) mass is 306 g/mol. The second-order valence-corrected chi connectivity index (χ2v) is 4.70. The quantitative estimate of drug-likeness (QED) is 0.432. The summed E-state index contributed by atoms with van der Waals surface area (Å²) in [4.78, 5) is 2.59. The minimum Gasteiger partial charge on any atom is -0.378 e. The molecule has 0 fully saturated rings. The van der Waals surface area contributed by atoms with Gasteiger partial charge in [-0.05, 0) is 36.2 Å². The van der Waals surface area contributed by atoms with Crippen LogP contribution < -0.4 is 5.32 Å². The molecule has 0 aliphatic heterocycles. The lowest BCUT2D eigenvalue weighted by Crippen LogP contribution is -2.08. The summed E-state index contributed by atoms with van der Waals surface area (Å²) in [5, 5.41) is 6.40. The maximum absolute atomic E-state index is 12.7. The van der Waals surface area contributed by atoms with Crippen molar-refractivity contribution in [3.05, 3.63) is 70.1 Å². The molecule has 0 bridgehead atoms. The fourth-order valence-electron chi connectivity index (χ4n) is 2.02. The summed E-state index contributed by atoms with van der Waals surface area (Å²) >= 11 is 0. The number of hydrogen-bond acceptors (Lipinski definition) is 2. The third kappa shape index (κ3) is 3.71. The molecule has 0 radical (unpaired) electrons. The van der Waals surface area contributed by atoms with E-state index in [4.69, 9.17) is 5.53 Å². The van der Waals surface area contributed by atoms with Gasteiger partial charge in [-0.25, -0.2) is 0 Å². The minimum absolute atomic E-state index is 0.0832. The first-order valence-corrected chi connectivity index (χ1v) is 6.49. The lowest BCUT2D eigenvalue weighted by Gasteiger charge is -2.18. The van der Waals surface area contributed by atoms with Crippen LogP contribution in [0.15, 0.2) is 53.6 Å². The lowest BCUT2D eigenvalue weighted by atomic mass is 10.1. The van der Waals surface area contributed by atoms with Crippen LogP contribution in [-0.2, 0) is 6.18 Å². The van der Waals surface area contributed by atoms with Crippen LogP contribution in [0.3, 0.4) is 0 Å². The molecule has 7 heteroatoms. The van der Waals surface area contributed by atoms with Crippen LogP contribution in [0.2, 0.25) is 0 Å². The highest BCUT2D eigenvalue weighted by atomic mass is 19.4. The second-order valence-electron chi connectivity index (χ2n) is 4.70. The summed E-state index contributed by atoms with van der Waals surface area (Å²) in [6.45, 7) is 1.87. The highest BCUT2D eigenvalue weighted by Crippen LogP contribution is 2.36. The SMILES string of the molecule is CC(Nc1ccc(C(F)(F)F)cc1N=[N+]=[N-])c1ccccc1. The molecule has 0 heterocycles. The van der Waals surface area contributed by atoms with E-state index in [-0.39, 0.29) is 11.7 Å². The van der Waals surface area contributed by atoms with Crippen molar-refractivity contribution in [3.8, 4) is 0 Å². The van der Waals surface area contributed by atoms with Crippen molar-refractivity contribution in [1.82, 2.24) is 0 Å². The fourth-order valence-corrected chi connectivity index (χ4v) is 2.02.